The largest absolute Gasteiger partial charge is 0.458 e. The number of fused-ring (bicyclic) bond motifs is 1. The maximum atomic E-state index is 13.6. The van der Waals surface area contributed by atoms with Crippen LogP contribution in [0.4, 0.5) is 4.39 Å². The Balaban J connectivity index is 1.83. The van der Waals surface area contributed by atoms with Crippen LogP contribution in [0.2, 0.25) is 0 Å². The topological polar surface area (TPSA) is 46.5 Å². The van der Waals surface area contributed by atoms with Crippen LogP contribution in [0.1, 0.15) is 37.8 Å². The highest BCUT2D eigenvalue weighted by Crippen LogP contribution is 2.50. The molecule has 2 aliphatic rings. The SMILES string of the molecule is CC1(C)Sc2ccccc2C(c2ccc(F)cc2)=C1/C=C/[C@@H]1C[C@@H](O)CC(=O)O1. The van der Waals surface area contributed by atoms with Crippen molar-refractivity contribution in [1.82, 2.24) is 0 Å². The summed E-state index contributed by atoms with van der Waals surface area (Å²) in [5, 5.41) is 9.89. The van der Waals surface area contributed by atoms with Crippen LogP contribution in [0.3, 0.4) is 0 Å². The van der Waals surface area contributed by atoms with Crippen LogP contribution >= 0.6 is 11.8 Å². The molecule has 2 heterocycles. The van der Waals surface area contributed by atoms with E-state index in [1.807, 2.05) is 24.3 Å². The highest BCUT2D eigenvalue weighted by atomic mass is 32.2. The first-order valence-electron chi connectivity index (χ1n) is 9.68. The second-order valence-corrected chi connectivity index (χ2v) is 9.55. The molecule has 0 bridgehead atoms. The van der Waals surface area contributed by atoms with Crippen LogP contribution in [-0.4, -0.2) is 28.0 Å². The fourth-order valence-electron chi connectivity index (χ4n) is 3.88. The molecule has 2 aromatic carbocycles. The lowest BCUT2D eigenvalue weighted by Gasteiger charge is -2.35. The Hall–Kier alpha value is -2.37. The number of thioether (sulfide) groups is 1. The first-order chi connectivity index (χ1) is 13.8. The van der Waals surface area contributed by atoms with Gasteiger partial charge < -0.3 is 9.84 Å². The average molecular weight is 411 g/mol. The Labute approximate surface area is 174 Å². The Bertz CT molecular complexity index is 991. The normalized spacial score (nSPS) is 23.8. The molecule has 0 aliphatic carbocycles. The molecule has 5 heteroatoms. The third kappa shape index (κ3) is 4.16. The summed E-state index contributed by atoms with van der Waals surface area (Å²) >= 11 is 1.77. The van der Waals surface area contributed by atoms with Gasteiger partial charge in [0.05, 0.1) is 12.5 Å². The van der Waals surface area contributed by atoms with E-state index in [4.69, 9.17) is 4.74 Å². The number of aliphatic hydroxyl groups is 1. The molecule has 0 saturated carbocycles. The van der Waals surface area contributed by atoms with Crippen molar-refractivity contribution in [1.29, 1.82) is 0 Å². The van der Waals surface area contributed by atoms with Crippen molar-refractivity contribution in [2.24, 2.45) is 0 Å². The fraction of sp³-hybridized carbons (Fsp3) is 0.292. The molecule has 1 fully saturated rings. The third-order valence-corrected chi connectivity index (χ3v) is 6.55. The predicted molar refractivity (Wildman–Crippen MR) is 113 cm³/mol. The third-order valence-electron chi connectivity index (χ3n) is 5.24. The summed E-state index contributed by atoms with van der Waals surface area (Å²) in [4.78, 5) is 12.9. The lowest BCUT2D eigenvalue weighted by atomic mass is 9.86. The lowest BCUT2D eigenvalue weighted by molar-refractivity contribution is -0.156. The Morgan fingerprint density at radius 2 is 1.90 bits per heavy atom. The number of carbonyl (C=O) groups excluding carboxylic acids is 1. The van der Waals surface area contributed by atoms with Crippen LogP contribution in [0.25, 0.3) is 5.57 Å². The number of rotatable bonds is 3. The molecule has 4 rings (SSSR count). The number of allylic oxidation sites excluding steroid dienone is 1. The molecule has 1 N–H and O–H groups in total. The van der Waals surface area contributed by atoms with Crippen LogP contribution in [0.15, 0.2) is 71.2 Å². The van der Waals surface area contributed by atoms with Gasteiger partial charge in [0.15, 0.2) is 0 Å². The molecule has 0 unspecified atom stereocenters. The van der Waals surface area contributed by atoms with Crippen molar-refractivity contribution in [3.05, 3.63) is 83.2 Å². The Morgan fingerprint density at radius 1 is 1.17 bits per heavy atom. The highest BCUT2D eigenvalue weighted by molar-refractivity contribution is 8.01. The molecule has 1 saturated heterocycles. The van der Waals surface area contributed by atoms with Crippen molar-refractivity contribution >= 4 is 23.3 Å². The summed E-state index contributed by atoms with van der Waals surface area (Å²) in [6, 6.07) is 14.7. The van der Waals surface area contributed by atoms with Crippen molar-refractivity contribution in [3.63, 3.8) is 0 Å². The smallest absolute Gasteiger partial charge is 0.309 e. The number of cyclic esters (lactones) is 1. The molecule has 0 aromatic heterocycles. The molecule has 150 valence electrons. The Morgan fingerprint density at radius 3 is 2.62 bits per heavy atom. The molecule has 29 heavy (non-hydrogen) atoms. The quantitative estimate of drug-likeness (QED) is 0.712. The van der Waals surface area contributed by atoms with Crippen molar-refractivity contribution < 1.29 is 19.0 Å². The first-order valence-corrected chi connectivity index (χ1v) is 10.5. The minimum Gasteiger partial charge on any atom is -0.458 e. The molecule has 0 spiro atoms. The van der Waals surface area contributed by atoms with Gasteiger partial charge in [-0.05, 0) is 60.4 Å². The second kappa shape index (κ2) is 7.81. The number of halogens is 1. The Kier molecular flexibility index (Phi) is 5.36. The van der Waals surface area contributed by atoms with Gasteiger partial charge in [0.25, 0.3) is 0 Å². The number of benzene rings is 2. The zero-order chi connectivity index (χ0) is 20.6. The van der Waals surface area contributed by atoms with E-state index in [9.17, 15) is 14.3 Å². The zero-order valence-electron chi connectivity index (χ0n) is 16.4. The van der Waals surface area contributed by atoms with Gasteiger partial charge in [0.1, 0.15) is 11.9 Å². The van der Waals surface area contributed by atoms with Crippen molar-refractivity contribution in [3.8, 4) is 0 Å². The zero-order valence-corrected chi connectivity index (χ0v) is 17.2. The average Bonchev–Trinajstić information content (AvgIpc) is 2.65. The van der Waals surface area contributed by atoms with E-state index in [0.29, 0.717) is 6.42 Å². The summed E-state index contributed by atoms with van der Waals surface area (Å²) in [6.07, 6.45) is 3.17. The number of carbonyl (C=O) groups is 1. The van der Waals surface area contributed by atoms with E-state index in [1.54, 1.807) is 23.9 Å². The molecule has 0 radical (unpaired) electrons. The molecular formula is C24H23FO3S. The van der Waals surface area contributed by atoms with Crippen LogP contribution in [-0.2, 0) is 9.53 Å². The van der Waals surface area contributed by atoms with Crippen LogP contribution < -0.4 is 0 Å². The van der Waals surface area contributed by atoms with Crippen LogP contribution in [0.5, 0.6) is 0 Å². The van der Waals surface area contributed by atoms with E-state index >= 15 is 0 Å². The summed E-state index contributed by atoms with van der Waals surface area (Å²) in [6.45, 7) is 4.30. The number of esters is 1. The highest BCUT2D eigenvalue weighted by Gasteiger charge is 2.34. The van der Waals surface area contributed by atoms with Gasteiger partial charge in [0.2, 0.25) is 0 Å². The molecule has 2 aliphatic heterocycles. The molecule has 2 atom stereocenters. The minimum absolute atomic E-state index is 0.0442. The van der Waals surface area contributed by atoms with Crippen LogP contribution in [0, 0.1) is 5.82 Å². The van der Waals surface area contributed by atoms with E-state index < -0.39 is 12.2 Å². The van der Waals surface area contributed by atoms with Gasteiger partial charge in [-0.15, -0.1) is 11.8 Å². The number of aliphatic hydroxyl groups excluding tert-OH is 1. The molecule has 0 amide bonds. The summed E-state index contributed by atoms with van der Waals surface area (Å²) in [5.41, 5.74) is 4.16. The predicted octanol–water partition coefficient (Wildman–Crippen LogP) is 5.13. The fourth-order valence-corrected chi connectivity index (χ4v) is 5.14. The van der Waals surface area contributed by atoms with Gasteiger partial charge >= 0.3 is 5.97 Å². The maximum absolute atomic E-state index is 13.6. The second-order valence-electron chi connectivity index (χ2n) is 7.89. The standard InChI is InChI=1S/C24H23FO3S/c1-24(2)20(12-11-18-13-17(26)14-22(27)28-18)23(15-7-9-16(25)10-8-15)19-5-3-4-6-21(19)29-24/h3-12,17-18,26H,13-14H2,1-2H3/b12-11+/t17-,18-/m1/s1. The number of ether oxygens (including phenoxy) is 1. The minimum atomic E-state index is -0.675. The monoisotopic (exact) mass is 410 g/mol. The van der Waals surface area contributed by atoms with Gasteiger partial charge in [-0.2, -0.15) is 0 Å². The van der Waals surface area contributed by atoms with E-state index in [2.05, 4.69) is 26.0 Å². The van der Waals surface area contributed by atoms with E-state index in [-0.39, 0.29) is 23.0 Å². The van der Waals surface area contributed by atoms with Crippen molar-refractivity contribution in [2.45, 2.75) is 48.5 Å². The van der Waals surface area contributed by atoms with Gasteiger partial charge in [0, 0.05) is 16.1 Å². The summed E-state index contributed by atoms with van der Waals surface area (Å²) < 4.78 is 18.7. The van der Waals surface area contributed by atoms with E-state index in [1.165, 1.54) is 17.0 Å². The first kappa shape index (κ1) is 19.9. The van der Waals surface area contributed by atoms with Gasteiger partial charge in [-0.1, -0.05) is 36.4 Å². The molecule has 2 aromatic rings. The summed E-state index contributed by atoms with van der Waals surface area (Å²) in [5.74, 6) is -0.652. The lowest BCUT2D eigenvalue weighted by Crippen LogP contribution is -2.31. The van der Waals surface area contributed by atoms with Crippen molar-refractivity contribution in [2.75, 3.05) is 0 Å². The molecule has 3 nitrogen and oxygen atoms in total. The molecular weight excluding hydrogens is 387 g/mol. The van der Waals surface area contributed by atoms with Gasteiger partial charge in [-0.3, -0.25) is 4.79 Å². The summed E-state index contributed by atoms with van der Waals surface area (Å²) in [7, 11) is 0. The van der Waals surface area contributed by atoms with Gasteiger partial charge in [-0.25, -0.2) is 4.39 Å². The maximum Gasteiger partial charge on any atom is 0.309 e. The number of hydrogen-bond acceptors (Lipinski definition) is 4. The van der Waals surface area contributed by atoms with E-state index in [0.717, 1.165) is 22.3 Å². The number of hydrogen-bond donors (Lipinski definition) is 1.